The van der Waals surface area contributed by atoms with Gasteiger partial charge in [0.2, 0.25) is 11.8 Å². The van der Waals surface area contributed by atoms with Gasteiger partial charge in [-0.25, -0.2) is 5.01 Å². The van der Waals surface area contributed by atoms with E-state index in [1.54, 1.807) is 12.1 Å². The first-order chi connectivity index (χ1) is 14.4. The number of nitrogens with zero attached hydrogens (tertiary/aromatic N) is 2. The number of carboxylic acids is 1. The van der Waals surface area contributed by atoms with E-state index < -0.39 is 42.3 Å². The molecule has 0 aliphatic carbocycles. The summed E-state index contributed by atoms with van der Waals surface area (Å²) in [5, 5.41) is 16.9. The summed E-state index contributed by atoms with van der Waals surface area (Å²) in [6.45, 7) is 0.318. The number of aliphatic carboxylic acids is 1. The van der Waals surface area contributed by atoms with E-state index in [0.717, 1.165) is 5.69 Å². The third-order valence-corrected chi connectivity index (χ3v) is 5.17. The Morgan fingerprint density at radius 1 is 1.20 bits per heavy atom. The largest absolute Gasteiger partial charge is 0.481 e. The summed E-state index contributed by atoms with van der Waals surface area (Å²) in [5.74, 6) is -2.55. The summed E-state index contributed by atoms with van der Waals surface area (Å²) in [6.07, 6.45) is 1.03. The van der Waals surface area contributed by atoms with Crippen molar-refractivity contribution >= 4 is 35.7 Å². The molecule has 30 heavy (non-hydrogen) atoms. The lowest BCUT2D eigenvalue weighted by molar-refractivity contribution is -0.175. The minimum absolute atomic E-state index is 0.150. The monoisotopic (exact) mass is 416 g/mol. The summed E-state index contributed by atoms with van der Waals surface area (Å²) in [6, 6.07) is 6.19. The highest BCUT2D eigenvalue weighted by Gasteiger charge is 2.44. The molecule has 2 aliphatic heterocycles. The van der Waals surface area contributed by atoms with E-state index in [-0.39, 0.29) is 18.7 Å². The molecule has 1 aromatic carbocycles. The fourth-order valence-electron chi connectivity index (χ4n) is 3.74. The molecular formula is C20H24N4O6. The lowest BCUT2D eigenvalue weighted by atomic mass is 10.0. The lowest BCUT2D eigenvalue weighted by Crippen LogP contribution is -2.63. The van der Waals surface area contributed by atoms with Crippen LogP contribution in [0.2, 0.25) is 0 Å². The van der Waals surface area contributed by atoms with E-state index >= 15 is 0 Å². The van der Waals surface area contributed by atoms with Gasteiger partial charge in [-0.15, -0.1) is 0 Å². The van der Waals surface area contributed by atoms with E-state index in [0.29, 0.717) is 25.7 Å². The molecule has 2 saturated heterocycles. The molecule has 2 aliphatic rings. The van der Waals surface area contributed by atoms with Gasteiger partial charge < -0.3 is 20.5 Å². The van der Waals surface area contributed by atoms with Crippen LogP contribution in [0, 0.1) is 0 Å². The van der Waals surface area contributed by atoms with Gasteiger partial charge in [0.25, 0.3) is 5.91 Å². The molecule has 1 aromatic rings. The molecule has 10 nitrogen and oxygen atoms in total. The van der Waals surface area contributed by atoms with Crippen molar-refractivity contribution < 1.29 is 29.1 Å². The number of hydrazine groups is 1. The molecule has 1 unspecified atom stereocenters. The average molecular weight is 416 g/mol. The van der Waals surface area contributed by atoms with E-state index in [4.69, 9.17) is 5.11 Å². The number of hydrogen-bond acceptors (Lipinski definition) is 6. The van der Waals surface area contributed by atoms with Crippen molar-refractivity contribution in [3.63, 3.8) is 0 Å². The summed E-state index contributed by atoms with van der Waals surface area (Å²) in [4.78, 5) is 60.8. The summed E-state index contributed by atoms with van der Waals surface area (Å²) in [5.41, 5.74) is 0.720. The van der Waals surface area contributed by atoms with Crippen LogP contribution in [0.3, 0.4) is 0 Å². The molecule has 0 spiro atoms. The van der Waals surface area contributed by atoms with Crippen LogP contribution >= 0.6 is 0 Å². The van der Waals surface area contributed by atoms with Crippen molar-refractivity contribution in [3.05, 3.63) is 30.3 Å². The van der Waals surface area contributed by atoms with Crippen molar-refractivity contribution in [2.75, 3.05) is 11.9 Å². The Morgan fingerprint density at radius 2 is 1.93 bits per heavy atom. The SMILES string of the molecule is O=C[C@H](CC(=O)O)NC(=O)[C@@H]1CCCN2C(=O)CCC(Nc3ccccc3)C(=O)N12. The highest BCUT2D eigenvalue weighted by atomic mass is 16.4. The number of nitrogens with one attached hydrogen (secondary N) is 2. The van der Waals surface area contributed by atoms with Crippen molar-refractivity contribution in [1.82, 2.24) is 15.3 Å². The fraction of sp³-hybridized carbons (Fsp3) is 0.450. The number of benzene rings is 1. The van der Waals surface area contributed by atoms with Crippen LogP contribution in [0.5, 0.6) is 0 Å². The Bertz CT molecular complexity index is 830. The van der Waals surface area contributed by atoms with Gasteiger partial charge in [0.1, 0.15) is 18.4 Å². The number of carbonyl (C=O) groups is 5. The Kier molecular flexibility index (Phi) is 6.65. The van der Waals surface area contributed by atoms with Crippen molar-refractivity contribution in [2.45, 2.75) is 50.2 Å². The minimum atomic E-state index is -1.23. The standard InChI is InChI=1S/C20H24N4O6/c25-12-14(11-18(27)28)22-19(29)16-7-4-10-23-17(26)9-8-15(20(30)24(16)23)21-13-5-2-1-3-6-13/h1-3,5-6,12,14-16,21H,4,7-11H2,(H,22,29)(H,27,28)/t14-,15?,16-/m0/s1. The van der Waals surface area contributed by atoms with Crippen LogP contribution in [0.1, 0.15) is 32.1 Å². The second kappa shape index (κ2) is 9.38. The predicted octanol–water partition coefficient (Wildman–Crippen LogP) is 0.154. The van der Waals surface area contributed by atoms with E-state index in [1.165, 1.54) is 10.0 Å². The second-order valence-electron chi connectivity index (χ2n) is 7.31. The molecule has 3 rings (SSSR count). The van der Waals surface area contributed by atoms with E-state index in [2.05, 4.69) is 10.6 Å². The first-order valence-corrected chi connectivity index (χ1v) is 9.83. The highest BCUT2D eigenvalue weighted by molar-refractivity contribution is 5.95. The number of para-hydroxylation sites is 1. The van der Waals surface area contributed by atoms with E-state index in [9.17, 15) is 24.0 Å². The molecule has 3 atom stereocenters. The number of amides is 3. The first kappa shape index (κ1) is 21.3. The number of carbonyl (C=O) groups excluding carboxylic acids is 4. The third-order valence-electron chi connectivity index (χ3n) is 5.17. The van der Waals surface area contributed by atoms with Crippen LogP contribution in [-0.2, 0) is 24.0 Å². The molecule has 3 amide bonds. The minimum Gasteiger partial charge on any atom is -0.481 e. The van der Waals surface area contributed by atoms with Crippen LogP contribution in [0.25, 0.3) is 0 Å². The highest BCUT2D eigenvalue weighted by Crippen LogP contribution is 2.26. The van der Waals surface area contributed by atoms with Gasteiger partial charge in [0.15, 0.2) is 0 Å². The molecule has 0 aromatic heterocycles. The molecule has 3 N–H and O–H groups in total. The Balaban J connectivity index is 1.82. The van der Waals surface area contributed by atoms with Gasteiger partial charge in [0, 0.05) is 18.7 Å². The smallest absolute Gasteiger partial charge is 0.305 e. The zero-order chi connectivity index (χ0) is 21.7. The number of carboxylic acid groups (broad SMARTS) is 1. The Hall–Kier alpha value is -3.43. The molecule has 0 saturated carbocycles. The number of anilines is 1. The molecular weight excluding hydrogens is 392 g/mol. The molecule has 0 radical (unpaired) electrons. The Morgan fingerprint density at radius 3 is 2.60 bits per heavy atom. The summed E-state index contributed by atoms with van der Waals surface area (Å²) in [7, 11) is 0. The van der Waals surface area contributed by atoms with Crippen LogP contribution in [0.15, 0.2) is 30.3 Å². The van der Waals surface area contributed by atoms with Gasteiger partial charge >= 0.3 is 5.97 Å². The average Bonchev–Trinajstić information content (AvgIpc) is 2.85. The second-order valence-corrected chi connectivity index (χ2v) is 7.31. The molecule has 160 valence electrons. The normalized spacial score (nSPS) is 22.5. The van der Waals surface area contributed by atoms with Gasteiger partial charge in [-0.3, -0.25) is 24.2 Å². The van der Waals surface area contributed by atoms with Crippen LogP contribution in [-0.4, -0.2) is 69.8 Å². The number of rotatable bonds is 7. The number of hydrogen-bond donors (Lipinski definition) is 3. The molecule has 10 heteroatoms. The zero-order valence-electron chi connectivity index (χ0n) is 16.3. The third kappa shape index (κ3) is 4.76. The molecule has 2 heterocycles. The maximum atomic E-state index is 13.3. The molecule has 0 bridgehead atoms. The quantitative estimate of drug-likeness (QED) is 0.539. The van der Waals surface area contributed by atoms with Gasteiger partial charge in [-0.1, -0.05) is 18.2 Å². The predicted molar refractivity (Wildman–Crippen MR) is 105 cm³/mol. The fourth-order valence-corrected chi connectivity index (χ4v) is 3.74. The number of fused-ring (bicyclic) bond motifs is 1. The van der Waals surface area contributed by atoms with Crippen LogP contribution < -0.4 is 10.6 Å². The van der Waals surface area contributed by atoms with Crippen molar-refractivity contribution in [2.24, 2.45) is 0 Å². The maximum absolute atomic E-state index is 13.3. The summed E-state index contributed by atoms with van der Waals surface area (Å²) >= 11 is 0. The lowest BCUT2D eigenvalue weighted by Gasteiger charge is -2.43. The topological polar surface area (TPSA) is 136 Å². The van der Waals surface area contributed by atoms with Gasteiger partial charge in [-0.05, 0) is 31.4 Å². The maximum Gasteiger partial charge on any atom is 0.305 e. The Labute approximate surface area is 173 Å². The first-order valence-electron chi connectivity index (χ1n) is 9.83. The van der Waals surface area contributed by atoms with Crippen molar-refractivity contribution in [1.29, 1.82) is 0 Å². The number of aldehydes is 1. The summed E-state index contributed by atoms with van der Waals surface area (Å²) < 4.78 is 0. The zero-order valence-corrected chi connectivity index (χ0v) is 16.3. The molecule has 2 fully saturated rings. The van der Waals surface area contributed by atoms with Gasteiger partial charge in [-0.2, -0.15) is 0 Å². The van der Waals surface area contributed by atoms with Gasteiger partial charge in [0.05, 0.1) is 12.5 Å². The van der Waals surface area contributed by atoms with Crippen molar-refractivity contribution in [3.8, 4) is 0 Å². The van der Waals surface area contributed by atoms with E-state index in [1.807, 2.05) is 18.2 Å². The van der Waals surface area contributed by atoms with Crippen LogP contribution in [0.4, 0.5) is 5.69 Å².